The smallest absolute Gasteiger partial charge is 0.246 e. The monoisotopic (exact) mass is 317 g/mol. The van der Waals surface area contributed by atoms with Gasteiger partial charge in [0.15, 0.2) is 6.29 Å². The van der Waals surface area contributed by atoms with Gasteiger partial charge in [-0.15, -0.1) is 0 Å². The van der Waals surface area contributed by atoms with Crippen molar-refractivity contribution in [3.05, 3.63) is 36.2 Å². The number of likely N-dealkylation sites (tertiary alicyclic amines) is 1. The maximum atomic E-state index is 12.4. The Labute approximate surface area is 138 Å². The van der Waals surface area contributed by atoms with Crippen LogP contribution in [0.15, 0.2) is 36.2 Å². The largest absolute Gasteiger partial charge is 0.340 e. The van der Waals surface area contributed by atoms with E-state index < -0.39 is 0 Å². The molecular weight excluding hydrogens is 290 g/mol. The van der Waals surface area contributed by atoms with Gasteiger partial charge < -0.3 is 9.80 Å². The molecule has 0 saturated carbocycles. The highest BCUT2D eigenvalue weighted by atomic mass is 16.2. The van der Waals surface area contributed by atoms with Crippen LogP contribution >= 0.6 is 0 Å². The first-order valence-corrected chi connectivity index (χ1v) is 8.34. The van der Waals surface area contributed by atoms with E-state index >= 15 is 0 Å². The summed E-state index contributed by atoms with van der Waals surface area (Å²) in [6, 6.07) is 0.373. The standard InChI is InChI=1S/C18H27N3O2/c1-4-6-17(14-22)21-12-11-20(13-15(21)2)18(23)9-8-16-7-5-10-19(16)3/h6,8-9,14,16H,2,4-5,7,10-13H2,1,3H3/b9-8+,17-6-. The minimum Gasteiger partial charge on any atom is -0.340 e. The lowest BCUT2D eigenvalue weighted by Gasteiger charge is -2.37. The Hall–Kier alpha value is -1.88. The van der Waals surface area contributed by atoms with Gasteiger partial charge in [-0.25, -0.2) is 0 Å². The molecule has 23 heavy (non-hydrogen) atoms. The first-order valence-electron chi connectivity index (χ1n) is 8.34. The van der Waals surface area contributed by atoms with Crippen LogP contribution in [0.3, 0.4) is 0 Å². The summed E-state index contributed by atoms with van der Waals surface area (Å²) in [6.07, 6.45) is 9.57. The van der Waals surface area contributed by atoms with Crippen LogP contribution in [0.1, 0.15) is 26.2 Å². The molecular formula is C18H27N3O2. The number of carbonyl (C=O) groups excluding carboxylic acids is 2. The van der Waals surface area contributed by atoms with Gasteiger partial charge >= 0.3 is 0 Å². The Bertz CT molecular complexity index is 524. The van der Waals surface area contributed by atoms with E-state index in [9.17, 15) is 9.59 Å². The van der Waals surface area contributed by atoms with E-state index in [0.717, 1.165) is 31.4 Å². The van der Waals surface area contributed by atoms with Crippen molar-refractivity contribution in [1.29, 1.82) is 0 Å². The van der Waals surface area contributed by atoms with E-state index in [0.29, 0.717) is 31.4 Å². The van der Waals surface area contributed by atoms with E-state index in [2.05, 4.69) is 18.5 Å². The molecule has 5 heteroatoms. The van der Waals surface area contributed by atoms with Gasteiger partial charge in [0.05, 0.1) is 12.2 Å². The zero-order valence-corrected chi connectivity index (χ0v) is 14.2. The molecule has 2 fully saturated rings. The van der Waals surface area contributed by atoms with E-state index in [1.54, 1.807) is 11.0 Å². The third-order valence-corrected chi connectivity index (χ3v) is 4.54. The number of piperazine rings is 1. The number of amides is 1. The molecule has 2 rings (SSSR count). The first-order chi connectivity index (χ1) is 11.1. The molecule has 0 aromatic heterocycles. The van der Waals surface area contributed by atoms with Crippen LogP contribution in [0.25, 0.3) is 0 Å². The highest BCUT2D eigenvalue weighted by molar-refractivity contribution is 5.88. The van der Waals surface area contributed by atoms with Gasteiger partial charge in [0, 0.05) is 30.9 Å². The van der Waals surface area contributed by atoms with Gasteiger partial charge in [-0.2, -0.15) is 0 Å². The van der Waals surface area contributed by atoms with Crippen LogP contribution < -0.4 is 0 Å². The summed E-state index contributed by atoms with van der Waals surface area (Å²) in [5, 5.41) is 0. The third-order valence-electron chi connectivity index (χ3n) is 4.54. The maximum absolute atomic E-state index is 12.4. The fourth-order valence-corrected chi connectivity index (χ4v) is 3.17. The van der Waals surface area contributed by atoms with Crippen molar-refractivity contribution >= 4 is 12.2 Å². The summed E-state index contributed by atoms with van der Waals surface area (Å²) in [7, 11) is 2.09. The number of hydrogen-bond acceptors (Lipinski definition) is 4. The molecule has 2 aliphatic heterocycles. The van der Waals surface area contributed by atoms with E-state index in [-0.39, 0.29) is 5.91 Å². The molecule has 1 atom stereocenters. The molecule has 0 N–H and O–H groups in total. The molecule has 0 aromatic carbocycles. The fraction of sp³-hybridized carbons (Fsp3) is 0.556. The molecule has 126 valence electrons. The van der Waals surface area contributed by atoms with Crippen molar-refractivity contribution in [2.75, 3.05) is 33.2 Å². The van der Waals surface area contributed by atoms with Crippen LogP contribution in [0.5, 0.6) is 0 Å². The second-order valence-electron chi connectivity index (χ2n) is 6.18. The predicted molar refractivity (Wildman–Crippen MR) is 91.7 cm³/mol. The Balaban J connectivity index is 1.93. The number of carbonyl (C=O) groups is 2. The summed E-state index contributed by atoms with van der Waals surface area (Å²) >= 11 is 0. The summed E-state index contributed by atoms with van der Waals surface area (Å²) < 4.78 is 0. The lowest BCUT2D eigenvalue weighted by Crippen LogP contribution is -2.46. The Kier molecular flexibility index (Phi) is 6.16. The summed E-state index contributed by atoms with van der Waals surface area (Å²) in [5.74, 6) is 0.0261. The third kappa shape index (κ3) is 4.32. The van der Waals surface area contributed by atoms with Crippen LogP contribution in [0, 0.1) is 0 Å². The molecule has 0 spiro atoms. The number of likely N-dealkylation sites (N-methyl/N-ethyl adjacent to an activating group) is 1. The number of rotatable bonds is 5. The molecule has 0 aromatic rings. The molecule has 0 radical (unpaired) electrons. The second-order valence-corrected chi connectivity index (χ2v) is 6.18. The topological polar surface area (TPSA) is 43.9 Å². The van der Waals surface area contributed by atoms with Crippen LogP contribution in [-0.2, 0) is 9.59 Å². The average Bonchev–Trinajstić information content (AvgIpc) is 2.95. The zero-order valence-electron chi connectivity index (χ0n) is 14.2. The van der Waals surface area contributed by atoms with E-state index in [1.165, 1.54) is 6.42 Å². The molecule has 1 unspecified atom stereocenters. The minimum absolute atomic E-state index is 0.0261. The molecule has 1 amide bonds. The number of aldehydes is 1. The van der Waals surface area contributed by atoms with Gasteiger partial charge in [0.2, 0.25) is 5.91 Å². The summed E-state index contributed by atoms with van der Waals surface area (Å²) in [4.78, 5) is 29.5. The maximum Gasteiger partial charge on any atom is 0.246 e. The first kappa shape index (κ1) is 17.5. The van der Waals surface area contributed by atoms with Crippen molar-refractivity contribution in [3.63, 3.8) is 0 Å². The molecule has 0 bridgehead atoms. The molecule has 0 aliphatic carbocycles. The predicted octanol–water partition coefficient (Wildman–Crippen LogP) is 1.79. The van der Waals surface area contributed by atoms with Gasteiger partial charge in [0.1, 0.15) is 0 Å². The van der Waals surface area contributed by atoms with E-state index in [4.69, 9.17) is 0 Å². The van der Waals surface area contributed by atoms with Crippen LogP contribution in [0.4, 0.5) is 0 Å². The van der Waals surface area contributed by atoms with Crippen molar-refractivity contribution in [1.82, 2.24) is 14.7 Å². The van der Waals surface area contributed by atoms with Gasteiger partial charge in [-0.1, -0.05) is 25.7 Å². The SMILES string of the molecule is C=C1CN(C(=O)/C=C/C2CCCN2C)CCN1/C(C=O)=C\CC. The highest BCUT2D eigenvalue weighted by Gasteiger charge is 2.24. The number of hydrogen-bond donors (Lipinski definition) is 0. The fourth-order valence-electron chi connectivity index (χ4n) is 3.17. The van der Waals surface area contributed by atoms with Crippen LogP contribution in [0.2, 0.25) is 0 Å². The summed E-state index contributed by atoms with van der Waals surface area (Å²) in [6.45, 7) is 8.82. The number of nitrogens with zero attached hydrogens (tertiary/aromatic N) is 3. The normalized spacial score (nSPS) is 23.8. The van der Waals surface area contributed by atoms with Crippen molar-refractivity contribution in [2.24, 2.45) is 0 Å². The Morgan fingerprint density at radius 3 is 2.70 bits per heavy atom. The quantitative estimate of drug-likeness (QED) is 0.573. The van der Waals surface area contributed by atoms with Gasteiger partial charge in [0.25, 0.3) is 0 Å². The Morgan fingerprint density at radius 2 is 2.13 bits per heavy atom. The van der Waals surface area contributed by atoms with Crippen molar-refractivity contribution in [3.8, 4) is 0 Å². The van der Waals surface area contributed by atoms with Gasteiger partial charge in [-0.3, -0.25) is 14.5 Å². The second kappa shape index (κ2) is 8.11. The molecule has 2 saturated heterocycles. The Morgan fingerprint density at radius 1 is 1.35 bits per heavy atom. The highest BCUT2D eigenvalue weighted by Crippen LogP contribution is 2.19. The minimum atomic E-state index is 0.0261. The lowest BCUT2D eigenvalue weighted by atomic mass is 10.2. The van der Waals surface area contributed by atoms with Crippen molar-refractivity contribution < 1.29 is 9.59 Å². The average molecular weight is 317 g/mol. The molecule has 2 aliphatic rings. The van der Waals surface area contributed by atoms with E-state index in [1.807, 2.05) is 24.0 Å². The zero-order chi connectivity index (χ0) is 16.8. The number of allylic oxidation sites excluding steroid dienone is 2. The summed E-state index contributed by atoms with van der Waals surface area (Å²) in [5.41, 5.74) is 1.44. The van der Waals surface area contributed by atoms with Crippen molar-refractivity contribution in [2.45, 2.75) is 32.2 Å². The van der Waals surface area contributed by atoms with Crippen LogP contribution in [-0.4, -0.2) is 66.2 Å². The lowest BCUT2D eigenvalue weighted by molar-refractivity contribution is -0.126. The molecule has 5 nitrogen and oxygen atoms in total. The molecule has 2 heterocycles. The van der Waals surface area contributed by atoms with Gasteiger partial charge in [-0.05, 0) is 32.9 Å².